The Bertz CT molecular complexity index is 1010. The predicted molar refractivity (Wildman–Crippen MR) is 88.5 cm³/mol. The van der Waals surface area contributed by atoms with Gasteiger partial charge in [-0.2, -0.15) is 0 Å². The molecular weight excluding hydrogens is 288 g/mol. The predicted octanol–water partition coefficient (Wildman–Crippen LogP) is 3.50. The van der Waals surface area contributed by atoms with E-state index >= 15 is 0 Å². The van der Waals surface area contributed by atoms with Crippen LogP contribution in [0.2, 0.25) is 0 Å². The molecule has 4 aromatic rings. The molecule has 0 atom stereocenters. The van der Waals surface area contributed by atoms with Crippen molar-refractivity contribution in [2.24, 2.45) is 0 Å². The molecule has 0 amide bonds. The van der Waals surface area contributed by atoms with Crippen LogP contribution in [-0.4, -0.2) is 25.1 Å². The number of hydrogen-bond acceptors (Lipinski definition) is 4. The Morgan fingerprint density at radius 3 is 2.74 bits per heavy atom. The third kappa shape index (κ3) is 2.23. The quantitative estimate of drug-likeness (QED) is 0.615. The Kier molecular flexibility index (Phi) is 3.05. The third-order valence-electron chi connectivity index (χ3n) is 3.89. The van der Waals surface area contributed by atoms with E-state index in [0.717, 1.165) is 27.9 Å². The minimum absolute atomic E-state index is 0.156. The molecule has 0 bridgehead atoms. The van der Waals surface area contributed by atoms with Gasteiger partial charge < -0.3 is 5.11 Å². The van der Waals surface area contributed by atoms with E-state index in [2.05, 4.69) is 15.3 Å². The van der Waals surface area contributed by atoms with Crippen LogP contribution in [0.3, 0.4) is 0 Å². The first-order chi connectivity index (χ1) is 11.2. The van der Waals surface area contributed by atoms with E-state index < -0.39 is 0 Å². The first-order valence-corrected chi connectivity index (χ1v) is 7.29. The zero-order valence-corrected chi connectivity index (χ0v) is 12.5. The van der Waals surface area contributed by atoms with Gasteiger partial charge in [0.25, 0.3) is 0 Å². The van der Waals surface area contributed by atoms with Crippen LogP contribution in [0.1, 0.15) is 5.56 Å². The summed E-state index contributed by atoms with van der Waals surface area (Å²) in [5.74, 6) is 0.156. The van der Waals surface area contributed by atoms with Gasteiger partial charge in [0.05, 0.1) is 11.9 Å². The summed E-state index contributed by atoms with van der Waals surface area (Å²) in [6.45, 7) is 2.05. The number of aromatic hydroxyl groups is 1. The van der Waals surface area contributed by atoms with Crippen LogP contribution in [-0.2, 0) is 0 Å². The lowest BCUT2D eigenvalue weighted by molar-refractivity contribution is 0.480. The number of phenolic OH excluding ortho intramolecular Hbond substituents is 1. The highest BCUT2D eigenvalue weighted by Gasteiger charge is 2.11. The van der Waals surface area contributed by atoms with Crippen LogP contribution < -0.4 is 0 Å². The number of benzene rings is 2. The minimum Gasteiger partial charge on any atom is -0.506 e. The highest BCUT2D eigenvalue weighted by molar-refractivity contribution is 5.91. The summed E-state index contributed by atoms with van der Waals surface area (Å²) in [7, 11) is 0. The molecule has 5 heteroatoms. The Morgan fingerprint density at radius 1 is 1.00 bits per heavy atom. The maximum Gasteiger partial charge on any atom is 0.141 e. The van der Waals surface area contributed by atoms with Gasteiger partial charge in [0.2, 0.25) is 0 Å². The van der Waals surface area contributed by atoms with Crippen LogP contribution in [0.5, 0.6) is 5.75 Å². The van der Waals surface area contributed by atoms with Crippen molar-refractivity contribution in [2.75, 3.05) is 0 Å². The Balaban J connectivity index is 1.88. The first-order valence-electron chi connectivity index (χ1n) is 7.29. The second-order valence-corrected chi connectivity index (χ2v) is 5.37. The van der Waals surface area contributed by atoms with Crippen LogP contribution in [0.25, 0.3) is 27.8 Å². The second kappa shape index (κ2) is 5.21. The lowest BCUT2D eigenvalue weighted by Gasteiger charge is -2.06. The second-order valence-electron chi connectivity index (χ2n) is 5.37. The van der Waals surface area contributed by atoms with Crippen molar-refractivity contribution in [1.82, 2.24) is 20.0 Å². The number of aromatic nitrogens is 4. The van der Waals surface area contributed by atoms with Gasteiger partial charge >= 0.3 is 0 Å². The van der Waals surface area contributed by atoms with Crippen molar-refractivity contribution < 1.29 is 5.11 Å². The molecule has 2 aromatic heterocycles. The molecule has 0 saturated carbocycles. The average Bonchev–Trinajstić information content (AvgIpc) is 3.05. The van der Waals surface area contributed by atoms with Gasteiger partial charge in [0, 0.05) is 17.1 Å². The minimum atomic E-state index is 0.156. The first kappa shape index (κ1) is 13.5. The van der Waals surface area contributed by atoms with Crippen LogP contribution in [0.4, 0.5) is 0 Å². The van der Waals surface area contributed by atoms with Crippen molar-refractivity contribution in [3.05, 3.63) is 66.5 Å². The topological polar surface area (TPSA) is 63.8 Å². The Morgan fingerprint density at radius 2 is 1.87 bits per heavy atom. The molecule has 4 rings (SSSR count). The maximum absolute atomic E-state index is 9.95. The van der Waals surface area contributed by atoms with E-state index in [0.29, 0.717) is 5.52 Å². The molecule has 0 fully saturated rings. The summed E-state index contributed by atoms with van der Waals surface area (Å²) >= 11 is 0. The number of rotatable bonds is 2. The number of phenols is 1. The lowest BCUT2D eigenvalue weighted by Crippen LogP contribution is -1.96. The molecule has 0 aliphatic rings. The van der Waals surface area contributed by atoms with Gasteiger partial charge in [0.15, 0.2) is 0 Å². The molecule has 112 valence electrons. The van der Waals surface area contributed by atoms with Gasteiger partial charge in [0.1, 0.15) is 17.0 Å². The number of nitrogens with zero attached hydrogens (tertiary/aromatic N) is 4. The smallest absolute Gasteiger partial charge is 0.141 e. The lowest BCUT2D eigenvalue weighted by atomic mass is 10.1. The van der Waals surface area contributed by atoms with Gasteiger partial charge in [-0.3, -0.25) is 4.98 Å². The summed E-state index contributed by atoms with van der Waals surface area (Å²) in [6.07, 6.45) is 3.55. The van der Waals surface area contributed by atoms with Crippen molar-refractivity contribution in [3.8, 4) is 22.7 Å². The van der Waals surface area contributed by atoms with Gasteiger partial charge in [-0.05, 0) is 36.8 Å². The molecule has 5 nitrogen and oxygen atoms in total. The molecular formula is C18H14N4O. The normalized spacial score (nSPS) is 11.0. The number of pyridine rings is 1. The fraction of sp³-hybridized carbons (Fsp3) is 0.0556. The highest BCUT2D eigenvalue weighted by Crippen LogP contribution is 2.28. The van der Waals surface area contributed by atoms with E-state index in [1.165, 1.54) is 0 Å². The molecule has 0 spiro atoms. The van der Waals surface area contributed by atoms with Crippen molar-refractivity contribution in [3.63, 3.8) is 0 Å². The standard InChI is InChI=1S/C18H14N4O/c1-12-5-2-3-6-13(12)15-11-22(21-20-15)16-8-9-17(23)18-14(16)7-4-10-19-18/h2-11,23H,1H3. The summed E-state index contributed by atoms with van der Waals surface area (Å²) in [5.41, 5.74) is 4.40. The monoisotopic (exact) mass is 302 g/mol. The fourth-order valence-corrected chi connectivity index (χ4v) is 2.71. The molecule has 0 aliphatic heterocycles. The third-order valence-corrected chi connectivity index (χ3v) is 3.89. The van der Waals surface area contributed by atoms with Crippen LogP contribution in [0.15, 0.2) is 60.9 Å². The van der Waals surface area contributed by atoms with Gasteiger partial charge in [-0.25, -0.2) is 4.68 Å². The largest absolute Gasteiger partial charge is 0.506 e. The van der Waals surface area contributed by atoms with Gasteiger partial charge in [-0.1, -0.05) is 29.5 Å². The van der Waals surface area contributed by atoms with E-state index in [1.807, 2.05) is 55.6 Å². The van der Waals surface area contributed by atoms with Crippen molar-refractivity contribution >= 4 is 10.9 Å². The maximum atomic E-state index is 9.95. The molecule has 0 saturated heterocycles. The summed E-state index contributed by atoms with van der Waals surface area (Å²) in [6, 6.07) is 15.3. The highest BCUT2D eigenvalue weighted by atomic mass is 16.3. The Hall–Kier alpha value is -3.21. The van der Waals surface area contributed by atoms with Crippen LogP contribution in [0, 0.1) is 6.92 Å². The van der Waals surface area contributed by atoms with Crippen molar-refractivity contribution in [1.29, 1.82) is 0 Å². The molecule has 0 unspecified atom stereocenters. The van der Waals surface area contributed by atoms with Crippen LogP contribution >= 0.6 is 0 Å². The summed E-state index contributed by atoms with van der Waals surface area (Å²) in [5, 5.41) is 19.3. The zero-order chi connectivity index (χ0) is 15.8. The zero-order valence-electron chi connectivity index (χ0n) is 12.5. The van der Waals surface area contributed by atoms with E-state index in [-0.39, 0.29) is 5.75 Å². The van der Waals surface area contributed by atoms with E-state index in [9.17, 15) is 5.11 Å². The van der Waals surface area contributed by atoms with E-state index in [4.69, 9.17) is 0 Å². The molecule has 1 N–H and O–H groups in total. The molecule has 0 aliphatic carbocycles. The van der Waals surface area contributed by atoms with Gasteiger partial charge in [-0.15, -0.1) is 5.10 Å². The summed E-state index contributed by atoms with van der Waals surface area (Å²) < 4.78 is 1.71. The molecule has 2 heterocycles. The fourth-order valence-electron chi connectivity index (χ4n) is 2.71. The SMILES string of the molecule is Cc1ccccc1-c1cn(-c2ccc(O)c3ncccc23)nn1. The number of fused-ring (bicyclic) bond motifs is 1. The molecule has 23 heavy (non-hydrogen) atoms. The van der Waals surface area contributed by atoms with E-state index in [1.54, 1.807) is 16.9 Å². The van der Waals surface area contributed by atoms with Crippen molar-refractivity contribution in [2.45, 2.75) is 6.92 Å². The Labute approximate surface area is 132 Å². The average molecular weight is 302 g/mol. The number of hydrogen-bond donors (Lipinski definition) is 1. The molecule has 2 aromatic carbocycles. The molecule has 0 radical (unpaired) electrons. The summed E-state index contributed by atoms with van der Waals surface area (Å²) in [4.78, 5) is 4.23. The number of aryl methyl sites for hydroxylation is 1.